The Balaban J connectivity index is 1.63. The molecule has 2 atom stereocenters. The molecule has 5 heteroatoms. The van der Waals surface area contributed by atoms with Crippen LogP contribution in [0.3, 0.4) is 0 Å². The minimum absolute atomic E-state index is 0.0587. The fourth-order valence-corrected chi connectivity index (χ4v) is 3.00. The van der Waals surface area contributed by atoms with Gasteiger partial charge in [0.1, 0.15) is 0 Å². The smallest absolute Gasteiger partial charge is 0.253 e. The van der Waals surface area contributed by atoms with E-state index >= 15 is 0 Å². The molecule has 25 heavy (non-hydrogen) atoms. The van der Waals surface area contributed by atoms with E-state index in [-0.39, 0.29) is 18.1 Å². The number of carbonyl (C=O) groups is 1. The van der Waals surface area contributed by atoms with Gasteiger partial charge in [-0.25, -0.2) is 0 Å². The minimum Gasteiger partial charge on any atom is -0.379 e. The summed E-state index contributed by atoms with van der Waals surface area (Å²) in [6.07, 6.45) is 0.708. The first kappa shape index (κ1) is 17.6. The van der Waals surface area contributed by atoms with Crippen molar-refractivity contribution in [2.45, 2.75) is 39.0 Å². The summed E-state index contributed by atoms with van der Waals surface area (Å²) in [6, 6.07) is 13.6. The first-order chi connectivity index (χ1) is 12.1. The van der Waals surface area contributed by atoms with Gasteiger partial charge in [0.2, 0.25) is 0 Å². The van der Waals surface area contributed by atoms with E-state index in [1.54, 1.807) is 0 Å². The third-order valence-electron chi connectivity index (χ3n) is 4.39. The Morgan fingerprint density at radius 2 is 2.04 bits per heavy atom. The molecule has 1 saturated heterocycles. The van der Waals surface area contributed by atoms with E-state index in [4.69, 9.17) is 9.47 Å². The third-order valence-corrected chi connectivity index (χ3v) is 4.39. The molecule has 1 fully saturated rings. The second-order valence-electron chi connectivity index (χ2n) is 6.36. The van der Waals surface area contributed by atoms with Gasteiger partial charge in [-0.3, -0.25) is 9.78 Å². The topological polar surface area (TPSA) is 60.5 Å². The largest absolute Gasteiger partial charge is 0.379 e. The van der Waals surface area contributed by atoms with Gasteiger partial charge >= 0.3 is 0 Å². The average Bonchev–Trinajstić information content (AvgIpc) is 2.61. The Labute approximate surface area is 148 Å². The maximum Gasteiger partial charge on any atom is 0.253 e. The zero-order valence-corrected chi connectivity index (χ0v) is 14.7. The number of hydrogen-bond donors (Lipinski definition) is 1. The maximum atomic E-state index is 12.6. The van der Waals surface area contributed by atoms with Crippen LogP contribution < -0.4 is 5.32 Å². The van der Waals surface area contributed by atoms with Crippen molar-refractivity contribution in [3.63, 3.8) is 0 Å². The van der Waals surface area contributed by atoms with Gasteiger partial charge < -0.3 is 14.8 Å². The van der Waals surface area contributed by atoms with Gasteiger partial charge in [0, 0.05) is 12.3 Å². The van der Waals surface area contributed by atoms with Crippen LogP contribution in [0.2, 0.25) is 0 Å². The van der Waals surface area contributed by atoms with E-state index in [0.29, 0.717) is 25.4 Å². The molecule has 1 aromatic heterocycles. The van der Waals surface area contributed by atoms with Gasteiger partial charge in [-0.1, -0.05) is 30.3 Å². The molecule has 3 rings (SSSR count). The molecule has 0 spiro atoms. The van der Waals surface area contributed by atoms with E-state index in [9.17, 15) is 4.79 Å². The second kappa shape index (κ2) is 8.23. The average molecular weight is 340 g/mol. The van der Waals surface area contributed by atoms with Crippen molar-refractivity contribution in [3.8, 4) is 0 Å². The summed E-state index contributed by atoms with van der Waals surface area (Å²) in [7, 11) is 0. The SMILES string of the molecule is Cc1ccc(C(=O)N[C@@H]2COCC[C@@H]2OCc2ccccc2)c(C)n1. The number of nitrogens with zero attached hydrogens (tertiary/aromatic N) is 1. The van der Waals surface area contributed by atoms with Crippen LogP contribution in [-0.2, 0) is 16.1 Å². The Bertz CT molecular complexity index is 718. The number of carbonyl (C=O) groups excluding carboxylic acids is 1. The number of pyridine rings is 1. The summed E-state index contributed by atoms with van der Waals surface area (Å²) in [6.45, 7) is 5.41. The van der Waals surface area contributed by atoms with E-state index in [0.717, 1.165) is 23.4 Å². The van der Waals surface area contributed by atoms with Gasteiger partial charge in [0.25, 0.3) is 5.91 Å². The molecule has 0 bridgehead atoms. The van der Waals surface area contributed by atoms with Crippen molar-refractivity contribution in [1.82, 2.24) is 10.3 Å². The normalized spacial score (nSPS) is 20.2. The van der Waals surface area contributed by atoms with Crippen molar-refractivity contribution < 1.29 is 14.3 Å². The molecule has 0 radical (unpaired) electrons. The summed E-state index contributed by atoms with van der Waals surface area (Å²) < 4.78 is 11.6. The highest BCUT2D eigenvalue weighted by Crippen LogP contribution is 2.16. The molecular formula is C20H24N2O3. The molecule has 1 aliphatic rings. The summed E-state index contributed by atoms with van der Waals surface area (Å²) >= 11 is 0. The van der Waals surface area contributed by atoms with Crippen LogP contribution in [0.25, 0.3) is 0 Å². The molecule has 2 aromatic rings. The van der Waals surface area contributed by atoms with Crippen molar-refractivity contribution in [1.29, 1.82) is 0 Å². The zero-order chi connectivity index (χ0) is 17.6. The fourth-order valence-electron chi connectivity index (χ4n) is 3.00. The number of aromatic nitrogens is 1. The molecule has 0 saturated carbocycles. The Kier molecular flexibility index (Phi) is 5.79. The maximum absolute atomic E-state index is 12.6. The first-order valence-corrected chi connectivity index (χ1v) is 8.62. The van der Waals surface area contributed by atoms with Gasteiger partial charge in [-0.05, 0) is 38.0 Å². The number of hydrogen-bond acceptors (Lipinski definition) is 4. The number of aryl methyl sites for hydroxylation is 2. The van der Waals surface area contributed by atoms with Crippen LogP contribution in [0.15, 0.2) is 42.5 Å². The van der Waals surface area contributed by atoms with Crippen molar-refractivity contribution in [2.24, 2.45) is 0 Å². The number of rotatable bonds is 5. The fraction of sp³-hybridized carbons (Fsp3) is 0.400. The third kappa shape index (κ3) is 4.65. The zero-order valence-electron chi connectivity index (χ0n) is 14.7. The second-order valence-corrected chi connectivity index (χ2v) is 6.36. The quantitative estimate of drug-likeness (QED) is 0.909. The molecule has 132 valence electrons. The number of ether oxygens (including phenoxy) is 2. The molecule has 0 unspecified atom stereocenters. The summed E-state index contributed by atoms with van der Waals surface area (Å²) in [5, 5.41) is 3.05. The van der Waals surface area contributed by atoms with E-state index in [1.807, 2.05) is 56.3 Å². The molecule has 1 N–H and O–H groups in total. The molecule has 1 aromatic carbocycles. The van der Waals surface area contributed by atoms with Crippen LogP contribution in [0.1, 0.15) is 33.7 Å². The number of nitrogens with one attached hydrogen (secondary N) is 1. The Hall–Kier alpha value is -2.24. The summed E-state index contributed by atoms with van der Waals surface area (Å²) in [5.74, 6) is -0.131. The highest BCUT2D eigenvalue weighted by atomic mass is 16.5. The number of amides is 1. The van der Waals surface area contributed by atoms with Crippen LogP contribution in [-0.4, -0.2) is 36.3 Å². The first-order valence-electron chi connectivity index (χ1n) is 8.62. The van der Waals surface area contributed by atoms with Gasteiger partial charge in [0.15, 0.2) is 0 Å². The Morgan fingerprint density at radius 1 is 1.24 bits per heavy atom. The lowest BCUT2D eigenvalue weighted by molar-refractivity contribution is -0.0605. The van der Waals surface area contributed by atoms with Crippen molar-refractivity contribution in [2.75, 3.05) is 13.2 Å². The monoisotopic (exact) mass is 340 g/mol. The van der Waals surface area contributed by atoms with Crippen molar-refractivity contribution in [3.05, 3.63) is 65.0 Å². The lowest BCUT2D eigenvalue weighted by Crippen LogP contribution is -2.50. The number of benzene rings is 1. The molecule has 2 heterocycles. The highest BCUT2D eigenvalue weighted by Gasteiger charge is 2.28. The predicted octanol–water partition coefficient (Wildman–Crippen LogP) is 2.80. The summed E-state index contributed by atoms with van der Waals surface area (Å²) in [4.78, 5) is 17.0. The molecule has 5 nitrogen and oxygen atoms in total. The van der Waals surface area contributed by atoms with Crippen molar-refractivity contribution >= 4 is 5.91 Å². The van der Waals surface area contributed by atoms with E-state index < -0.39 is 0 Å². The highest BCUT2D eigenvalue weighted by molar-refractivity contribution is 5.95. The molecule has 1 amide bonds. The van der Waals surface area contributed by atoms with Crippen LogP contribution in [0.5, 0.6) is 0 Å². The standard InChI is InChI=1S/C20H24N2O3/c1-14-8-9-17(15(2)21-14)20(23)22-18-13-24-11-10-19(18)25-12-16-6-4-3-5-7-16/h3-9,18-19H,10-13H2,1-2H3,(H,22,23)/t18-,19+/m1/s1. The minimum atomic E-state index is -0.161. The lowest BCUT2D eigenvalue weighted by Gasteiger charge is -2.32. The van der Waals surface area contributed by atoms with Gasteiger partial charge in [0.05, 0.1) is 36.6 Å². The van der Waals surface area contributed by atoms with E-state index in [2.05, 4.69) is 10.3 Å². The predicted molar refractivity (Wildman–Crippen MR) is 95.4 cm³/mol. The summed E-state index contributed by atoms with van der Waals surface area (Å²) in [5.41, 5.74) is 3.35. The molecular weight excluding hydrogens is 316 g/mol. The van der Waals surface area contributed by atoms with Gasteiger partial charge in [-0.15, -0.1) is 0 Å². The van der Waals surface area contributed by atoms with Crippen LogP contribution in [0.4, 0.5) is 0 Å². The van der Waals surface area contributed by atoms with Gasteiger partial charge in [-0.2, -0.15) is 0 Å². The molecule has 0 aliphatic carbocycles. The van der Waals surface area contributed by atoms with Crippen LogP contribution >= 0.6 is 0 Å². The lowest BCUT2D eigenvalue weighted by atomic mass is 10.1. The Morgan fingerprint density at radius 3 is 2.80 bits per heavy atom. The molecule has 1 aliphatic heterocycles. The van der Waals surface area contributed by atoms with Crippen LogP contribution in [0, 0.1) is 13.8 Å². The van der Waals surface area contributed by atoms with E-state index in [1.165, 1.54) is 0 Å².